The van der Waals surface area contributed by atoms with Crippen molar-refractivity contribution in [3.05, 3.63) is 59.7 Å². The lowest BCUT2D eigenvalue weighted by atomic mass is 10.1. The Kier molecular flexibility index (Phi) is 7.40. The Bertz CT molecular complexity index is 1190. The van der Waals surface area contributed by atoms with Gasteiger partial charge in [-0.2, -0.15) is 9.41 Å². The fourth-order valence-corrected chi connectivity index (χ4v) is 5.58. The van der Waals surface area contributed by atoms with E-state index in [1.54, 1.807) is 19.1 Å². The number of hydrogen-bond donors (Lipinski definition) is 1. The fraction of sp³-hybridized carbons (Fsp3) is 0.375. The first-order valence-electron chi connectivity index (χ1n) is 11.3. The molecule has 2 aromatic rings. The van der Waals surface area contributed by atoms with Crippen LogP contribution in [0.25, 0.3) is 0 Å². The predicted molar refractivity (Wildman–Crippen MR) is 128 cm³/mol. The summed E-state index contributed by atoms with van der Waals surface area (Å²) < 4.78 is 32.7. The van der Waals surface area contributed by atoms with Crippen molar-refractivity contribution >= 4 is 33.2 Å². The number of aryl methyl sites for hydroxylation is 1. The standard InChI is InChI=1S/C24H28N4O5S/c1-18-7-8-20(17-22(18)34(31,32)27-13-15-33-16-14-27)25-23(29)9-10-24(30)28-12-11-21(26-28)19-5-3-2-4-6-19/h2-8,17H,9-16H2,1H3,(H,25,29). The van der Waals surface area contributed by atoms with Crippen LogP contribution < -0.4 is 5.32 Å². The van der Waals surface area contributed by atoms with Crippen LogP contribution in [0.5, 0.6) is 0 Å². The molecule has 0 atom stereocenters. The molecule has 0 aliphatic carbocycles. The largest absolute Gasteiger partial charge is 0.379 e. The van der Waals surface area contributed by atoms with Gasteiger partial charge in [-0.25, -0.2) is 13.4 Å². The molecule has 1 fully saturated rings. The lowest BCUT2D eigenvalue weighted by Gasteiger charge is -2.26. The number of morpholine rings is 1. The van der Waals surface area contributed by atoms with Gasteiger partial charge in [0.15, 0.2) is 0 Å². The van der Waals surface area contributed by atoms with Crippen molar-refractivity contribution in [2.45, 2.75) is 31.1 Å². The number of ether oxygens (including phenoxy) is 1. The molecule has 0 unspecified atom stereocenters. The Morgan fingerprint density at radius 1 is 1.03 bits per heavy atom. The van der Waals surface area contributed by atoms with Crippen molar-refractivity contribution in [2.75, 3.05) is 38.2 Å². The van der Waals surface area contributed by atoms with E-state index < -0.39 is 10.0 Å². The van der Waals surface area contributed by atoms with Crippen molar-refractivity contribution in [1.29, 1.82) is 0 Å². The molecule has 2 aliphatic heterocycles. The van der Waals surface area contributed by atoms with Crippen LogP contribution >= 0.6 is 0 Å². The van der Waals surface area contributed by atoms with Gasteiger partial charge in [-0.05, 0) is 30.2 Å². The smallest absolute Gasteiger partial charge is 0.243 e. The summed E-state index contributed by atoms with van der Waals surface area (Å²) in [5.74, 6) is -0.584. The second-order valence-corrected chi connectivity index (χ2v) is 10.1. The molecule has 2 aromatic carbocycles. The van der Waals surface area contributed by atoms with Gasteiger partial charge in [-0.1, -0.05) is 36.4 Å². The van der Waals surface area contributed by atoms with Gasteiger partial charge in [-0.3, -0.25) is 9.59 Å². The second kappa shape index (κ2) is 10.5. The number of carbonyl (C=O) groups is 2. The average Bonchev–Trinajstić information content (AvgIpc) is 3.35. The fourth-order valence-electron chi connectivity index (χ4n) is 3.93. The topological polar surface area (TPSA) is 108 Å². The molecule has 1 N–H and O–H groups in total. The SMILES string of the molecule is Cc1ccc(NC(=O)CCC(=O)N2CCC(c3ccccc3)=N2)cc1S(=O)(=O)N1CCOCC1. The van der Waals surface area contributed by atoms with Crippen LogP contribution in [0.1, 0.15) is 30.4 Å². The van der Waals surface area contributed by atoms with Gasteiger partial charge in [0, 0.05) is 38.0 Å². The maximum absolute atomic E-state index is 13.0. The number of anilines is 1. The summed E-state index contributed by atoms with van der Waals surface area (Å²) in [6.07, 6.45) is 0.666. The molecule has 2 amide bonds. The Morgan fingerprint density at radius 3 is 2.50 bits per heavy atom. The minimum Gasteiger partial charge on any atom is -0.379 e. The third kappa shape index (κ3) is 5.52. The Balaban J connectivity index is 1.35. The van der Waals surface area contributed by atoms with E-state index >= 15 is 0 Å². The lowest BCUT2D eigenvalue weighted by molar-refractivity contribution is -0.132. The van der Waals surface area contributed by atoms with Crippen LogP contribution in [0.2, 0.25) is 0 Å². The zero-order valence-corrected chi connectivity index (χ0v) is 19.9. The summed E-state index contributed by atoms with van der Waals surface area (Å²) in [6, 6.07) is 14.5. The molecule has 2 aliphatic rings. The Hall–Kier alpha value is -3.08. The van der Waals surface area contributed by atoms with Crippen LogP contribution in [-0.2, 0) is 24.3 Å². The third-order valence-electron chi connectivity index (χ3n) is 5.82. The van der Waals surface area contributed by atoms with E-state index in [1.165, 1.54) is 15.4 Å². The first-order chi connectivity index (χ1) is 16.3. The number of rotatable bonds is 7. The Labute approximate surface area is 199 Å². The van der Waals surface area contributed by atoms with E-state index in [-0.39, 0.29) is 29.6 Å². The van der Waals surface area contributed by atoms with Crippen LogP contribution in [0.15, 0.2) is 58.5 Å². The second-order valence-electron chi connectivity index (χ2n) is 8.22. The van der Waals surface area contributed by atoms with Crippen molar-refractivity contribution in [3.63, 3.8) is 0 Å². The molecule has 180 valence electrons. The molecule has 0 radical (unpaired) electrons. The van der Waals surface area contributed by atoms with Gasteiger partial charge in [0.1, 0.15) is 0 Å². The highest BCUT2D eigenvalue weighted by Gasteiger charge is 2.28. The van der Waals surface area contributed by atoms with Gasteiger partial charge in [0.25, 0.3) is 0 Å². The van der Waals surface area contributed by atoms with E-state index in [0.717, 1.165) is 11.3 Å². The number of nitrogens with zero attached hydrogens (tertiary/aromatic N) is 3. The monoisotopic (exact) mass is 484 g/mol. The number of amides is 2. The minimum absolute atomic E-state index is 0.0161. The van der Waals surface area contributed by atoms with Crippen LogP contribution in [0.4, 0.5) is 5.69 Å². The van der Waals surface area contributed by atoms with Crippen molar-refractivity contribution in [3.8, 4) is 0 Å². The molecule has 2 heterocycles. The minimum atomic E-state index is -3.69. The zero-order chi connectivity index (χ0) is 24.1. The number of hydrazone groups is 1. The van der Waals surface area contributed by atoms with Gasteiger partial charge in [0.05, 0.1) is 30.4 Å². The average molecular weight is 485 g/mol. The van der Waals surface area contributed by atoms with Gasteiger partial charge in [-0.15, -0.1) is 0 Å². The predicted octanol–water partition coefficient (Wildman–Crippen LogP) is 2.37. The number of carbonyl (C=O) groups excluding carboxylic acids is 2. The van der Waals surface area contributed by atoms with Gasteiger partial charge >= 0.3 is 0 Å². The molecule has 0 bridgehead atoms. The first-order valence-corrected chi connectivity index (χ1v) is 12.7. The maximum Gasteiger partial charge on any atom is 0.243 e. The quantitative estimate of drug-likeness (QED) is 0.649. The zero-order valence-electron chi connectivity index (χ0n) is 19.1. The number of benzene rings is 2. The number of hydrogen-bond acceptors (Lipinski definition) is 6. The summed E-state index contributed by atoms with van der Waals surface area (Å²) in [6.45, 7) is 3.52. The molecule has 4 rings (SSSR count). The van der Waals surface area contributed by atoms with Crippen molar-refractivity contribution in [2.24, 2.45) is 5.10 Å². The summed E-state index contributed by atoms with van der Waals surface area (Å²) in [7, 11) is -3.69. The molecular weight excluding hydrogens is 456 g/mol. The van der Waals surface area contributed by atoms with Crippen LogP contribution in [0, 0.1) is 6.92 Å². The molecular formula is C24H28N4O5S. The van der Waals surface area contributed by atoms with Gasteiger partial charge in [0.2, 0.25) is 21.8 Å². The summed E-state index contributed by atoms with van der Waals surface area (Å²) in [5.41, 5.74) is 2.81. The van der Waals surface area contributed by atoms with E-state index in [0.29, 0.717) is 50.5 Å². The maximum atomic E-state index is 13.0. The Morgan fingerprint density at radius 2 is 1.76 bits per heavy atom. The summed E-state index contributed by atoms with van der Waals surface area (Å²) in [4.78, 5) is 25.2. The van der Waals surface area contributed by atoms with E-state index in [1.807, 2.05) is 30.3 Å². The van der Waals surface area contributed by atoms with Crippen molar-refractivity contribution in [1.82, 2.24) is 9.31 Å². The van der Waals surface area contributed by atoms with E-state index in [2.05, 4.69) is 10.4 Å². The molecule has 0 aromatic heterocycles. The van der Waals surface area contributed by atoms with E-state index in [9.17, 15) is 18.0 Å². The molecule has 9 nitrogen and oxygen atoms in total. The molecule has 0 saturated carbocycles. The van der Waals surface area contributed by atoms with E-state index in [4.69, 9.17) is 4.74 Å². The molecule has 10 heteroatoms. The number of nitrogens with one attached hydrogen (secondary N) is 1. The molecule has 34 heavy (non-hydrogen) atoms. The summed E-state index contributed by atoms with van der Waals surface area (Å²) >= 11 is 0. The molecule has 1 saturated heterocycles. The highest BCUT2D eigenvalue weighted by molar-refractivity contribution is 7.89. The number of sulfonamides is 1. The molecule has 0 spiro atoms. The summed E-state index contributed by atoms with van der Waals surface area (Å²) in [5, 5.41) is 8.52. The first kappa shape index (κ1) is 24.1. The normalized spacial score (nSPS) is 16.9. The van der Waals surface area contributed by atoms with Crippen LogP contribution in [0.3, 0.4) is 0 Å². The van der Waals surface area contributed by atoms with Gasteiger partial charge < -0.3 is 10.1 Å². The van der Waals surface area contributed by atoms with Crippen molar-refractivity contribution < 1.29 is 22.7 Å². The highest BCUT2D eigenvalue weighted by atomic mass is 32.2. The lowest BCUT2D eigenvalue weighted by Crippen LogP contribution is -2.40. The van der Waals surface area contributed by atoms with Crippen LogP contribution in [-0.4, -0.2) is 68.1 Å². The highest BCUT2D eigenvalue weighted by Crippen LogP contribution is 2.24. The third-order valence-corrected chi connectivity index (χ3v) is 7.86.